The molecule has 2 heterocycles. The molecule has 0 aliphatic heterocycles. The molecule has 0 spiro atoms. The summed E-state index contributed by atoms with van der Waals surface area (Å²) in [7, 11) is 0. The zero-order valence-corrected chi connectivity index (χ0v) is 16.7. The van der Waals surface area contributed by atoms with Crippen molar-refractivity contribution in [2.24, 2.45) is 0 Å². The van der Waals surface area contributed by atoms with Crippen LogP contribution < -0.4 is 15.4 Å². The topological polar surface area (TPSA) is 113 Å². The van der Waals surface area contributed by atoms with Crippen LogP contribution in [0.4, 0.5) is 14.6 Å². The number of ether oxygens (including phenoxy) is 1. The number of carbonyl (C=O) groups is 2. The van der Waals surface area contributed by atoms with E-state index in [1.165, 1.54) is 37.5 Å². The lowest BCUT2D eigenvalue weighted by atomic mass is 10.2. The average molecular weight is 422 g/mol. The van der Waals surface area contributed by atoms with Crippen molar-refractivity contribution in [2.75, 3.05) is 11.9 Å². The van der Waals surface area contributed by atoms with Crippen molar-refractivity contribution in [3.63, 3.8) is 0 Å². The molecule has 0 unspecified atom stereocenters. The first-order valence-electron chi connectivity index (χ1n) is 9.46. The number of alkyl halides is 2. The van der Waals surface area contributed by atoms with Crippen LogP contribution in [0.3, 0.4) is 0 Å². The Kier molecular flexibility index (Phi) is 8.02. The third-order valence-electron chi connectivity index (χ3n) is 4.05. The van der Waals surface area contributed by atoms with Gasteiger partial charge in [0.1, 0.15) is 5.82 Å². The van der Waals surface area contributed by atoms with Crippen molar-refractivity contribution >= 4 is 17.6 Å². The van der Waals surface area contributed by atoms with Gasteiger partial charge >= 0.3 is 0 Å². The molecule has 162 valence electrons. The Labute approximate surface area is 172 Å². The molecule has 10 heteroatoms. The van der Waals surface area contributed by atoms with E-state index < -0.39 is 30.6 Å². The average Bonchev–Trinajstić information content (AvgIpc) is 2.71. The summed E-state index contributed by atoms with van der Waals surface area (Å²) in [6.45, 7) is 2.35. The maximum Gasteiger partial charge on any atom is 0.281 e. The number of anilines is 1. The molecule has 2 aromatic rings. The number of pyridine rings is 2. The second-order valence-corrected chi connectivity index (χ2v) is 6.58. The number of nitrogens with one attached hydrogen (secondary N) is 2. The van der Waals surface area contributed by atoms with E-state index in [0.29, 0.717) is 18.4 Å². The summed E-state index contributed by atoms with van der Waals surface area (Å²) in [5, 5.41) is 15.2. The fourth-order valence-electron chi connectivity index (χ4n) is 2.32. The van der Waals surface area contributed by atoms with E-state index in [4.69, 9.17) is 4.74 Å². The van der Waals surface area contributed by atoms with Crippen molar-refractivity contribution in [2.45, 2.75) is 45.6 Å². The van der Waals surface area contributed by atoms with Crippen molar-refractivity contribution < 1.29 is 28.2 Å². The van der Waals surface area contributed by atoms with Crippen LogP contribution in [0.1, 0.15) is 49.0 Å². The number of hydrogen-bond donors (Lipinski definition) is 3. The molecule has 0 atom stereocenters. The summed E-state index contributed by atoms with van der Waals surface area (Å²) in [4.78, 5) is 31.8. The van der Waals surface area contributed by atoms with Gasteiger partial charge in [0.15, 0.2) is 12.4 Å². The van der Waals surface area contributed by atoms with Gasteiger partial charge in [-0.1, -0.05) is 13.8 Å². The molecule has 0 bridgehead atoms. The summed E-state index contributed by atoms with van der Waals surface area (Å²) >= 11 is 0. The first kappa shape index (κ1) is 23.0. The fraction of sp³-hybridized carbons (Fsp3) is 0.400. The standard InChI is InChI=1S/C20H24F2N4O4/c1-3-5-17(28)26-16-9-14(6-7-23-16)18(29)24-10-13-8-15(27)19(25-11-13)30-12-20(21,22)4-2/h6-9,11,27H,3-5,10,12H2,1-2H3,(H,24,29)(H,23,26,28). The number of halogens is 2. The Morgan fingerprint density at radius 3 is 2.67 bits per heavy atom. The predicted octanol–water partition coefficient (Wildman–Crippen LogP) is 3.27. The monoisotopic (exact) mass is 422 g/mol. The van der Waals surface area contributed by atoms with Gasteiger partial charge < -0.3 is 20.5 Å². The van der Waals surface area contributed by atoms with E-state index in [1.807, 2.05) is 6.92 Å². The molecule has 0 fully saturated rings. The molecule has 0 aliphatic rings. The van der Waals surface area contributed by atoms with Gasteiger partial charge in [0.2, 0.25) is 5.91 Å². The molecule has 8 nitrogen and oxygen atoms in total. The molecular weight excluding hydrogens is 398 g/mol. The molecule has 0 saturated carbocycles. The normalized spacial score (nSPS) is 11.1. The molecule has 0 saturated heterocycles. The lowest BCUT2D eigenvalue weighted by Crippen LogP contribution is -2.25. The van der Waals surface area contributed by atoms with Crippen LogP contribution in [0.15, 0.2) is 30.6 Å². The summed E-state index contributed by atoms with van der Waals surface area (Å²) in [5.74, 6) is -4.07. The van der Waals surface area contributed by atoms with E-state index in [-0.39, 0.29) is 29.7 Å². The largest absolute Gasteiger partial charge is 0.503 e. The Balaban J connectivity index is 1.94. The third kappa shape index (κ3) is 6.94. The quantitative estimate of drug-likeness (QED) is 0.542. The first-order valence-corrected chi connectivity index (χ1v) is 9.46. The van der Waals surface area contributed by atoms with Gasteiger partial charge in [-0.2, -0.15) is 0 Å². The summed E-state index contributed by atoms with van der Waals surface area (Å²) in [6.07, 6.45) is 3.36. The van der Waals surface area contributed by atoms with Crippen LogP contribution in [0, 0.1) is 0 Å². The Bertz CT molecular complexity index is 893. The number of rotatable bonds is 10. The van der Waals surface area contributed by atoms with Crippen molar-refractivity contribution in [1.29, 1.82) is 0 Å². The number of carbonyl (C=O) groups excluding carboxylic acids is 2. The van der Waals surface area contributed by atoms with E-state index in [9.17, 15) is 23.5 Å². The number of aromatic hydroxyl groups is 1. The van der Waals surface area contributed by atoms with Crippen LogP contribution in [0.25, 0.3) is 0 Å². The molecule has 2 rings (SSSR count). The number of nitrogens with zero attached hydrogens (tertiary/aromatic N) is 2. The van der Waals surface area contributed by atoms with Crippen LogP contribution in [0.2, 0.25) is 0 Å². The fourth-order valence-corrected chi connectivity index (χ4v) is 2.32. The number of aromatic nitrogens is 2. The number of amides is 2. The van der Waals surface area contributed by atoms with Gasteiger partial charge in [0.25, 0.3) is 17.7 Å². The molecule has 0 radical (unpaired) electrons. The Morgan fingerprint density at radius 2 is 2.00 bits per heavy atom. The highest BCUT2D eigenvalue weighted by Gasteiger charge is 2.28. The third-order valence-corrected chi connectivity index (χ3v) is 4.05. The smallest absolute Gasteiger partial charge is 0.281 e. The van der Waals surface area contributed by atoms with Gasteiger partial charge in [-0.3, -0.25) is 9.59 Å². The molecule has 0 aromatic carbocycles. The highest BCUT2D eigenvalue weighted by Crippen LogP contribution is 2.26. The van der Waals surface area contributed by atoms with Gasteiger partial charge in [-0.15, -0.1) is 0 Å². The Morgan fingerprint density at radius 1 is 1.23 bits per heavy atom. The van der Waals surface area contributed by atoms with Crippen LogP contribution in [-0.4, -0.2) is 39.4 Å². The second kappa shape index (κ2) is 10.5. The summed E-state index contributed by atoms with van der Waals surface area (Å²) in [6, 6.07) is 4.21. The van der Waals surface area contributed by atoms with Gasteiger partial charge in [-0.25, -0.2) is 18.7 Å². The maximum absolute atomic E-state index is 13.2. The van der Waals surface area contributed by atoms with Crippen LogP contribution in [0.5, 0.6) is 11.6 Å². The van der Waals surface area contributed by atoms with E-state index in [0.717, 1.165) is 0 Å². The SMILES string of the molecule is CCCC(=O)Nc1cc(C(=O)NCc2cnc(OCC(F)(F)CC)c(O)c2)ccn1. The second-order valence-electron chi connectivity index (χ2n) is 6.58. The summed E-state index contributed by atoms with van der Waals surface area (Å²) < 4.78 is 31.4. The summed E-state index contributed by atoms with van der Waals surface area (Å²) in [5.41, 5.74) is 0.733. The maximum atomic E-state index is 13.2. The predicted molar refractivity (Wildman–Crippen MR) is 106 cm³/mol. The highest BCUT2D eigenvalue weighted by atomic mass is 19.3. The molecule has 0 aliphatic carbocycles. The van der Waals surface area contributed by atoms with E-state index in [2.05, 4.69) is 20.6 Å². The minimum atomic E-state index is -3.01. The molecule has 30 heavy (non-hydrogen) atoms. The zero-order chi connectivity index (χ0) is 22.1. The molecule has 3 N–H and O–H groups in total. The minimum absolute atomic E-state index is 0.0324. The van der Waals surface area contributed by atoms with Crippen molar-refractivity contribution in [3.05, 3.63) is 41.7 Å². The number of hydrogen-bond acceptors (Lipinski definition) is 6. The molecular formula is C20H24F2N4O4. The highest BCUT2D eigenvalue weighted by molar-refractivity contribution is 5.96. The van der Waals surface area contributed by atoms with E-state index in [1.54, 1.807) is 0 Å². The lowest BCUT2D eigenvalue weighted by molar-refractivity contribution is -0.116. The van der Waals surface area contributed by atoms with Crippen molar-refractivity contribution in [1.82, 2.24) is 15.3 Å². The zero-order valence-electron chi connectivity index (χ0n) is 16.7. The molecule has 2 aromatic heterocycles. The van der Waals surface area contributed by atoms with Crippen molar-refractivity contribution in [3.8, 4) is 11.6 Å². The lowest BCUT2D eigenvalue weighted by Gasteiger charge is -2.15. The van der Waals surface area contributed by atoms with Gasteiger partial charge in [0, 0.05) is 37.3 Å². The first-order chi connectivity index (χ1) is 14.2. The van der Waals surface area contributed by atoms with Gasteiger partial charge in [0.05, 0.1) is 0 Å². The molecule has 2 amide bonds. The minimum Gasteiger partial charge on any atom is -0.503 e. The Hall–Kier alpha value is -3.30. The van der Waals surface area contributed by atoms with Gasteiger partial charge in [-0.05, 0) is 30.2 Å². The van der Waals surface area contributed by atoms with E-state index >= 15 is 0 Å². The van der Waals surface area contributed by atoms with Crippen LogP contribution in [-0.2, 0) is 11.3 Å². The van der Waals surface area contributed by atoms with Crippen LogP contribution >= 0.6 is 0 Å².